The van der Waals surface area contributed by atoms with Gasteiger partial charge in [0.25, 0.3) is 5.91 Å². The minimum Gasteiger partial charge on any atom is -0.494 e. The molecule has 13 heteroatoms. The molecule has 2 unspecified atom stereocenters. The lowest BCUT2D eigenvalue weighted by Crippen LogP contribution is -2.27. The topological polar surface area (TPSA) is 127 Å². The van der Waals surface area contributed by atoms with Crippen molar-refractivity contribution in [3.05, 3.63) is 42.0 Å². The molecule has 1 aliphatic rings. The molecule has 4 rings (SSSR count). The smallest absolute Gasteiger partial charge is 0.259 e. The van der Waals surface area contributed by atoms with Crippen molar-refractivity contribution < 1.29 is 18.7 Å². The van der Waals surface area contributed by atoms with Crippen LogP contribution in [-0.2, 0) is 9.53 Å². The Bertz CT molecular complexity index is 1070. The summed E-state index contributed by atoms with van der Waals surface area (Å²) in [4.78, 5) is 19.0. The number of amides is 1. The number of hydrogen-bond donors (Lipinski definition) is 2. The number of nitrogens with one attached hydrogen (secondary N) is 2. The fourth-order valence-electron chi connectivity index (χ4n) is 3.36. The summed E-state index contributed by atoms with van der Waals surface area (Å²) in [5.41, 5.74) is 0.454. The highest BCUT2D eigenvalue weighted by Crippen LogP contribution is 2.28. The fourth-order valence-corrected chi connectivity index (χ4v) is 4.08. The molecule has 3 aromatic rings. The van der Waals surface area contributed by atoms with Crippen molar-refractivity contribution in [2.24, 2.45) is 0 Å². The number of methoxy groups -OCH3 is 2. The molecule has 0 bridgehead atoms. The lowest BCUT2D eigenvalue weighted by atomic mass is 10.1. The van der Waals surface area contributed by atoms with Gasteiger partial charge in [-0.2, -0.15) is 5.10 Å². The van der Waals surface area contributed by atoms with Gasteiger partial charge in [0.1, 0.15) is 0 Å². The van der Waals surface area contributed by atoms with Crippen molar-refractivity contribution in [1.29, 1.82) is 0 Å². The van der Waals surface area contributed by atoms with Crippen molar-refractivity contribution in [3.8, 4) is 5.75 Å². The average molecular weight is 460 g/mol. The van der Waals surface area contributed by atoms with Gasteiger partial charge in [0, 0.05) is 26.2 Å². The Morgan fingerprint density at radius 3 is 2.84 bits per heavy atom. The number of aromatic nitrogens is 5. The summed E-state index contributed by atoms with van der Waals surface area (Å²) in [6, 6.07) is 4.25. The number of rotatable bonds is 8. The number of carbonyl (C=O) groups is 1. The van der Waals surface area contributed by atoms with E-state index in [1.54, 1.807) is 6.20 Å². The number of benzene rings is 1. The first-order valence-electron chi connectivity index (χ1n) is 9.73. The molecule has 2 atom stereocenters. The average Bonchev–Trinajstić information content (AvgIpc) is 3.46. The van der Waals surface area contributed by atoms with Crippen LogP contribution in [0.1, 0.15) is 18.1 Å². The van der Waals surface area contributed by atoms with E-state index in [4.69, 9.17) is 9.47 Å². The Morgan fingerprint density at radius 1 is 1.25 bits per heavy atom. The normalized spacial score (nSPS) is 16.6. The molecule has 0 spiro atoms. The van der Waals surface area contributed by atoms with Gasteiger partial charge in [0.05, 0.1) is 19.5 Å². The zero-order valence-electron chi connectivity index (χ0n) is 17.4. The number of halogens is 1. The second-order valence-corrected chi connectivity index (χ2v) is 7.91. The van der Waals surface area contributed by atoms with E-state index < -0.39 is 17.8 Å². The standard InChI is InChI=1S/C19H21FN8O3S/c1-30-14-9-11(3-4-13(14)20)15(31-2)16(29)24-19-27-26-18(32-19)23-12-5-8-28(10-12)17-21-6-7-22-25-17/h3-4,6-7,9,12,15H,5,8,10H2,1-2H3,(H,23,26)(H,24,27,29). The minimum absolute atomic E-state index is 0.0297. The van der Waals surface area contributed by atoms with Gasteiger partial charge in [-0.1, -0.05) is 17.4 Å². The van der Waals surface area contributed by atoms with Gasteiger partial charge in [-0.15, -0.1) is 15.3 Å². The van der Waals surface area contributed by atoms with E-state index in [0.717, 1.165) is 13.0 Å². The summed E-state index contributed by atoms with van der Waals surface area (Å²) in [6.07, 6.45) is 3.05. The molecular formula is C19H21FN8O3S. The molecule has 1 saturated heterocycles. The summed E-state index contributed by atoms with van der Waals surface area (Å²) in [5, 5.41) is 22.9. The van der Waals surface area contributed by atoms with Gasteiger partial charge in [0.15, 0.2) is 17.7 Å². The third kappa shape index (κ3) is 4.89. The fraction of sp³-hybridized carbons (Fsp3) is 0.368. The van der Waals surface area contributed by atoms with Crippen molar-refractivity contribution >= 4 is 33.5 Å². The van der Waals surface area contributed by atoms with E-state index >= 15 is 0 Å². The first-order chi connectivity index (χ1) is 15.6. The number of carbonyl (C=O) groups excluding carboxylic acids is 1. The van der Waals surface area contributed by atoms with Crippen molar-refractivity contribution in [1.82, 2.24) is 25.4 Å². The Morgan fingerprint density at radius 2 is 2.09 bits per heavy atom. The summed E-state index contributed by atoms with van der Waals surface area (Å²) < 4.78 is 24.0. The predicted octanol–water partition coefficient (Wildman–Crippen LogP) is 1.89. The van der Waals surface area contributed by atoms with E-state index in [2.05, 4.69) is 36.0 Å². The van der Waals surface area contributed by atoms with Crippen LogP contribution in [0, 0.1) is 5.82 Å². The van der Waals surface area contributed by atoms with Gasteiger partial charge >= 0.3 is 0 Å². The van der Waals surface area contributed by atoms with Crippen LogP contribution in [0.2, 0.25) is 0 Å². The van der Waals surface area contributed by atoms with Crippen LogP contribution in [0.5, 0.6) is 5.75 Å². The summed E-state index contributed by atoms with van der Waals surface area (Å²) >= 11 is 1.21. The molecule has 168 valence electrons. The number of nitrogens with zero attached hydrogens (tertiary/aromatic N) is 6. The zero-order chi connectivity index (χ0) is 22.5. The minimum atomic E-state index is -0.965. The van der Waals surface area contributed by atoms with E-state index in [9.17, 15) is 9.18 Å². The van der Waals surface area contributed by atoms with Gasteiger partial charge in [-0.05, 0) is 24.1 Å². The lowest BCUT2D eigenvalue weighted by molar-refractivity contribution is -0.126. The van der Waals surface area contributed by atoms with E-state index in [1.165, 1.54) is 50.0 Å². The van der Waals surface area contributed by atoms with Gasteiger partial charge in [-0.3, -0.25) is 10.1 Å². The molecule has 32 heavy (non-hydrogen) atoms. The highest BCUT2D eigenvalue weighted by Gasteiger charge is 2.26. The molecule has 2 N–H and O–H groups in total. The highest BCUT2D eigenvalue weighted by atomic mass is 32.1. The van der Waals surface area contributed by atoms with Crippen molar-refractivity contribution in [2.45, 2.75) is 18.6 Å². The molecule has 2 aromatic heterocycles. The first-order valence-corrected chi connectivity index (χ1v) is 10.5. The van der Waals surface area contributed by atoms with Crippen LogP contribution in [0.15, 0.2) is 30.6 Å². The van der Waals surface area contributed by atoms with Crippen molar-refractivity contribution in [2.75, 3.05) is 42.8 Å². The first kappa shape index (κ1) is 21.8. The van der Waals surface area contributed by atoms with E-state index in [-0.39, 0.29) is 11.8 Å². The summed E-state index contributed by atoms with van der Waals surface area (Å²) in [5.74, 6) is -0.358. The molecule has 0 saturated carbocycles. The number of hydrogen-bond acceptors (Lipinski definition) is 11. The van der Waals surface area contributed by atoms with Crippen LogP contribution >= 0.6 is 11.3 Å². The zero-order valence-corrected chi connectivity index (χ0v) is 18.2. The monoisotopic (exact) mass is 460 g/mol. The summed E-state index contributed by atoms with van der Waals surface area (Å²) in [7, 11) is 2.75. The maximum absolute atomic E-state index is 13.7. The molecule has 1 fully saturated rings. The molecule has 0 aliphatic carbocycles. The molecular weight excluding hydrogens is 439 g/mol. The molecule has 1 aliphatic heterocycles. The Balaban J connectivity index is 1.36. The SMILES string of the molecule is COc1cc(C(OC)C(=O)Nc2nnc(NC3CCN(c4nccnn4)C3)s2)ccc1F. The maximum Gasteiger partial charge on any atom is 0.259 e. The number of ether oxygens (including phenoxy) is 2. The maximum atomic E-state index is 13.7. The molecule has 1 aromatic carbocycles. The van der Waals surface area contributed by atoms with Gasteiger partial charge < -0.3 is 19.7 Å². The Labute approximate surface area is 187 Å². The van der Waals surface area contributed by atoms with Gasteiger partial charge in [-0.25, -0.2) is 9.37 Å². The number of anilines is 3. The Hall–Kier alpha value is -3.45. The molecule has 0 radical (unpaired) electrons. The summed E-state index contributed by atoms with van der Waals surface area (Å²) in [6.45, 7) is 1.49. The van der Waals surface area contributed by atoms with Crippen LogP contribution in [0.3, 0.4) is 0 Å². The quantitative estimate of drug-likeness (QED) is 0.514. The lowest BCUT2D eigenvalue weighted by Gasteiger charge is -2.15. The Kier molecular flexibility index (Phi) is 6.66. The van der Waals surface area contributed by atoms with Crippen LogP contribution in [0.4, 0.5) is 20.6 Å². The third-order valence-electron chi connectivity index (χ3n) is 4.88. The van der Waals surface area contributed by atoms with Crippen LogP contribution in [0.25, 0.3) is 0 Å². The molecule has 3 heterocycles. The second-order valence-electron chi connectivity index (χ2n) is 6.93. The second kappa shape index (κ2) is 9.78. The van der Waals surface area contributed by atoms with E-state index in [0.29, 0.717) is 28.3 Å². The molecule has 1 amide bonds. The van der Waals surface area contributed by atoms with Crippen LogP contribution < -0.4 is 20.3 Å². The predicted molar refractivity (Wildman–Crippen MR) is 115 cm³/mol. The molecule has 11 nitrogen and oxygen atoms in total. The van der Waals surface area contributed by atoms with Crippen LogP contribution in [-0.4, -0.2) is 64.6 Å². The van der Waals surface area contributed by atoms with Crippen molar-refractivity contribution in [3.63, 3.8) is 0 Å². The van der Waals surface area contributed by atoms with Gasteiger partial charge in [0.2, 0.25) is 16.2 Å². The highest BCUT2D eigenvalue weighted by molar-refractivity contribution is 7.19. The third-order valence-corrected chi connectivity index (χ3v) is 5.65. The largest absolute Gasteiger partial charge is 0.494 e. The van der Waals surface area contributed by atoms with E-state index in [1.807, 2.05) is 4.90 Å².